The van der Waals surface area contributed by atoms with Gasteiger partial charge in [0.15, 0.2) is 0 Å². The molecule has 3 fully saturated rings. The van der Waals surface area contributed by atoms with E-state index in [4.69, 9.17) is 4.74 Å². The molecule has 2 bridgehead atoms. The summed E-state index contributed by atoms with van der Waals surface area (Å²) in [6.45, 7) is 0. The van der Waals surface area contributed by atoms with Crippen LogP contribution in [-0.2, 0) is 9.53 Å². The lowest BCUT2D eigenvalue weighted by molar-refractivity contribution is -0.230. The van der Waals surface area contributed by atoms with Crippen LogP contribution in [0.5, 0.6) is 0 Å². The number of para-hydroxylation sites is 2. The van der Waals surface area contributed by atoms with E-state index in [9.17, 15) is 4.79 Å². The van der Waals surface area contributed by atoms with E-state index in [1.54, 1.807) is 0 Å². The van der Waals surface area contributed by atoms with E-state index in [-0.39, 0.29) is 16.8 Å². The highest BCUT2D eigenvalue weighted by atomic mass is 16.5. The highest BCUT2D eigenvalue weighted by Gasteiger charge is 2.75. The zero-order chi connectivity index (χ0) is 15.7. The zero-order valence-corrected chi connectivity index (χ0v) is 13.1. The van der Waals surface area contributed by atoms with E-state index < -0.39 is 0 Å². The standard InChI is InChI=1S/C20H19NO2/c1-23-18(22)20-10-19(11-20,12-20)17-13-6-2-4-8-15(13)21-16-9-5-3-7-14(16)17/h2-9,17,21H,10-12H2,1H3. The van der Waals surface area contributed by atoms with Crippen molar-refractivity contribution in [3.8, 4) is 0 Å². The van der Waals surface area contributed by atoms with Crippen molar-refractivity contribution >= 4 is 17.3 Å². The number of benzene rings is 2. The van der Waals surface area contributed by atoms with Crippen LogP contribution in [-0.4, -0.2) is 13.1 Å². The van der Waals surface area contributed by atoms with Gasteiger partial charge >= 0.3 is 5.97 Å². The summed E-state index contributed by atoms with van der Waals surface area (Å²) in [5.74, 6) is 0.359. The largest absolute Gasteiger partial charge is 0.469 e. The molecule has 0 saturated heterocycles. The monoisotopic (exact) mass is 305 g/mol. The van der Waals surface area contributed by atoms with Crippen molar-refractivity contribution in [2.75, 3.05) is 12.4 Å². The molecule has 3 saturated carbocycles. The fourth-order valence-electron chi connectivity index (χ4n) is 5.30. The summed E-state index contributed by atoms with van der Waals surface area (Å²) < 4.78 is 5.02. The van der Waals surface area contributed by atoms with Crippen LogP contribution >= 0.6 is 0 Å². The maximum Gasteiger partial charge on any atom is 0.311 e. The molecule has 1 aliphatic heterocycles. The summed E-state index contributed by atoms with van der Waals surface area (Å²) in [4.78, 5) is 12.0. The number of carbonyl (C=O) groups is 1. The number of esters is 1. The van der Waals surface area contributed by atoms with Crippen molar-refractivity contribution in [3.05, 3.63) is 59.7 Å². The van der Waals surface area contributed by atoms with Gasteiger partial charge in [-0.2, -0.15) is 0 Å². The number of anilines is 2. The van der Waals surface area contributed by atoms with Crippen molar-refractivity contribution in [2.45, 2.75) is 25.2 Å². The first kappa shape index (κ1) is 13.2. The molecule has 3 aliphatic carbocycles. The Morgan fingerprint density at radius 3 is 2.04 bits per heavy atom. The van der Waals surface area contributed by atoms with Crippen molar-refractivity contribution in [1.29, 1.82) is 0 Å². The maximum atomic E-state index is 12.0. The van der Waals surface area contributed by atoms with Gasteiger partial charge in [0, 0.05) is 17.3 Å². The van der Waals surface area contributed by atoms with E-state index in [2.05, 4.69) is 53.8 Å². The molecular formula is C20H19NO2. The highest BCUT2D eigenvalue weighted by molar-refractivity contribution is 5.83. The summed E-state index contributed by atoms with van der Waals surface area (Å²) in [5.41, 5.74) is 5.17. The van der Waals surface area contributed by atoms with Gasteiger partial charge in [0.25, 0.3) is 0 Å². The van der Waals surface area contributed by atoms with Gasteiger partial charge < -0.3 is 10.1 Å². The molecule has 116 valence electrons. The molecule has 0 amide bonds. The van der Waals surface area contributed by atoms with Crippen molar-refractivity contribution in [2.24, 2.45) is 10.8 Å². The topological polar surface area (TPSA) is 38.3 Å². The Morgan fingerprint density at radius 2 is 1.52 bits per heavy atom. The normalized spacial score (nSPS) is 30.1. The molecule has 3 nitrogen and oxygen atoms in total. The Hall–Kier alpha value is -2.29. The lowest BCUT2D eigenvalue weighted by Crippen LogP contribution is -2.68. The van der Waals surface area contributed by atoms with Gasteiger partial charge in [-0.15, -0.1) is 0 Å². The molecule has 2 aromatic carbocycles. The Bertz CT molecular complexity index is 761. The van der Waals surface area contributed by atoms with Crippen LogP contribution in [0.1, 0.15) is 36.3 Å². The van der Waals surface area contributed by atoms with Crippen LogP contribution in [0, 0.1) is 10.8 Å². The molecule has 6 rings (SSSR count). The lowest BCUT2D eigenvalue weighted by Gasteiger charge is -2.72. The second-order valence-corrected chi connectivity index (χ2v) is 7.40. The minimum Gasteiger partial charge on any atom is -0.469 e. The highest BCUT2D eigenvalue weighted by Crippen LogP contribution is 2.79. The molecule has 0 aromatic heterocycles. The summed E-state index contributed by atoms with van der Waals surface area (Å²) >= 11 is 0. The van der Waals surface area contributed by atoms with Gasteiger partial charge in [-0.1, -0.05) is 36.4 Å². The summed E-state index contributed by atoms with van der Waals surface area (Å²) in [7, 11) is 1.50. The number of ether oxygens (including phenoxy) is 1. The predicted molar refractivity (Wildman–Crippen MR) is 88.7 cm³/mol. The molecular weight excluding hydrogens is 286 g/mol. The van der Waals surface area contributed by atoms with Gasteiger partial charge in [0.05, 0.1) is 12.5 Å². The second kappa shape index (κ2) is 4.16. The molecule has 0 radical (unpaired) electrons. The quantitative estimate of drug-likeness (QED) is 0.844. The van der Waals surface area contributed by atoms with Gasteiger partial charge in [-0.25, -0.2) is 0 Å². The second-order valence-electron chi connectivity index (χ2n) is 7.40. The Kier molecular flexibility index (Phi) is 2.39. The van der Waals surface area contributed by atoms with E-state index in [0.29, 0.717) is 5.92 Å². The molecule has 0 spiro atoms. The Labute approximate surface area is 135 Å². The Morgan fingerprint density at radius 1 is 1.00 bits per heavy atom. The van der Waals surface area contributed by atoms with Crippen LogP contribution in [0.25, 0.3) is 0 Å². The van der Waals surface area contributed by atoms with E-state index in [1.807, 2.05) is 0 Å². The third-order valence-electron chi connectivity index (χ3n) is 6.12. The van der Waals surface area contributed by atoms with E-state index in [0.717, 1.165) is 19.3 Å². The van der Waals surface area contributed by atoms with Crippen LogP contribution in [0.2, 0.25) is 0 Å². The van der Waals surface area contributed by atoms with Crippen LogP contribution in [0.15, 0.2) is 48.5 Å². The van der Waals surface area contributed by atoms with Gasteiger partial charge in [0.2, 0.25) is 0 Å². The molecule has 23 heavy (non-hydrogen) atoms. The third kappa shape index (κ3) is 1.52. The Balaban J connectivity index is 1.59. The number of methoxy groups -OCH3 is 1. The molecule has 4 aliphatic rings. The first-order chi connectivity index (χ1) is 11.2. The average molecular weight is 305 g/mol. The molecule has 0 unspecified atom stereocenters. The molecule has 3 heteroatoms. The lowest BCUT2D eigenvalue weighted by atomic mass is 9.31. The van der Waals surface area contributed by atoms with Crippen LogP contribution < -0.4 is 5.32 Å². The number of fused-ring (bicyclic) bond motifs is 2. The third-order valence-corrected chi connectivity index (χ3v) is 6.12. The first-order valence-electron chi connectivity index (χ1n) is 8.21. The van der Waals surface area contributed by atoms with E-state index >= 15 is 0 Å². The van der Waals surface area contributed by atoms with Crippen molar-refractivity contribution < 1.29 is 9.53 Å². The number of hydrogen-bond acceptors (Lipinski definition) is 3. The minimum atomic E-state index is -0.191. The smallest absolute Gasteiger partial charge is 0.311 e. The van der Waals surface area contributed by atoms with Gasteiger partial charge in [-0.05, 0) is 47.9 Å². The summed E-state index contributed by atoms with van der Waals surface area (Å²) in [5, 5.41) is 3.56. The van der Waals surface area contributed by atoms with Gasteiger partial charge in [0.1, 0.15) is 0 Å². The summed E-state index contributed by atoms with van der Waals surface area (Å²) in [6, 6.07) is 17.2. The molecule has 1 N–H and O–H groups in total. The average Bonchev–Trinajstić information content (AvgIpc) is 2.51. The first-order valence-corrected chi connectivity index (χ1v) is 8.21. The number of rotatable bonds is 2. The summed E-state index contributed by atoms with van der Waals surface area (Å²) in [6.07, 6.45) is 2.88. The number of nitrogens with one attached hydrogen (secondary N) is 1. The molecule has 1 heterocycles. The fourth-order valence-corrected chi connectivity index (χ4v) is 5.30. The fraction of sp³-hybridized carbons (Fsp3) is 0.350. The molecule has 2 aromatic rings. The van der Waals surface area contributed by atoms with Crippen molar-refractivity contribution in [3.63, 3.8) is 0 Å². The minimum absolute atomic E-state index is 0.0186. The SMILES string of the molecule is COC(=O)C12CC(C3c4ccccc4Nc4ccccc43)(C1)C2. The number of carbonyl (C=O) groups excluding carboxylic acids is 1. The zero-order valence-electron chi connectivity index (χ0n) is 13.1. The van der Waals surface area contributed by atoms with Crippen molar-refractivity contribution in [1.82, 2.24) is 0 Å². The van der Waals surface area contributed by atoms with E-state index in [1.165, 1.54) is 29.6 Å². The maximum absolute atomic E-state index is 12.0. The van der Waals surface area contributed by atoms with Crippen LogP contribution in [0.3, 0.4) is 0 Å². The number of hydrogen-bond donors (Lipinski definition) is 1. The predicted octanol–water partition coefficient (Wildman–Crippen LogP) is 4.22. The van der Waals surface area contributed by atoms with Gasteiger partial charge in [-0.3, -0.25) is 4.79 Å². The molecule has 0 atom stereocenters. The van der Waals surface area contributed by atoms with Crippen LogP contribution in [0.4, 0.5) is 11.4 Å².